The molecule has 2 aliphatic rings. The van der Waals surface area contributed by atoms with E-state index in [2.05, 4.69) is 4.98 Å². The molecule has 1 aromatic heterocycles. The summed E-state index contributed by atoms with van der Waals surface area (Å²) in [6.07, 6.45) is 9.31. The molecule has 9 heteroatoms. The fourth-order valence-electron chi connectivity index (χ4n) is 6.39. The van der Waals surface area contributed by atoms with E-state index in [1.807, 2.05) is 31.2 Å². The molecule has 0 spiro atoms. The Balaban J connectivity index is 1.69. The third-order valence-corrected chi connectivity index (χ3v) is 8.31. The van der Waals surface area contributed by atoms with Crippen molar-refractivity contribution >= 4 is 28.4 Å². The highest BCUT2D eigenvalue weighted by molar-refractivity contribution is 6.15. The number of benzene rings is 1. The molecule has 1 aromatic carbocycles. The lowest BCUT2D eigenvalue weighted by Crippen LogP contribution is -2.69. The molecule has 4 rings (SSSR count). The fraction of sp³-hybridized carbons (Fsp3) is 0.586. The third kappa shape index (κ3) is 5.60. The highest BCUT2D eigenvalue weighted by Crippen LogP contribution is 2.41. The van der Waals surface area contributed by atoms with E-state index in [1.54, 1.807) is 17.3 Å². The van der Waals surface area contributed by atoms with Gasteiger partial charge in [-0.15, -0.1) is 0 Å². The number of fused-ring (bicyclic) bond motifs is 1. The monoisotopic (exact) mass is 523 g/mol. The van der Waals surface area contributed by atoms with Crippen molar-refractivity contribution < 1.29 is 19.1 Å². The van der Waals surface area contributed by atoms with E-state index in [0.29, 0.717) is 25.8 Å². The summed E-state index contributed by atoms with van der Waals surface area (Å²) in [6, 6.07) is 7.62. The standard InChI is InChI=1S/C29H41N5O4/c1-2-15-38-24(35)18-28(32,17-20-7-4-3-5-8-20)26(36)29(27(31)37)12-6-14-34(29)25(30)22-9-10-23-19-33-13-11-21(23)16-22/h9-11,13,16,19-20,25H,2-8,12,14-15,17-18,30,32H2,1H3,(H2,31,37)/t25?,28-,29-/m1/s1. The number of pyridine rings is 1. The molecular weight excluding hydrogens is 482 g/mol. The zero-order chi connectivity index (χ0) is 27.3. The lowest BCUT2D eigenvalue weighted by Gasteiger charge is -2.44. The number of ketones is 1. The Hall–Kier alpha value is -2.88. The Morgan fingerprint density at radius 2 is 1.92 bits per heavy atom. The maximum absolute atomic E-state index is 14.5. The number of esters is 1. The number of ether oxygens (including phenoxy) is 1. The average Bonchev–Trinajstić information content (AvgIpc) is 3.37. The number of Topliss-reactive ketones (excluding diaryl/α,β-unsaturated/α-hetero) is 1. The van der Waals surface area contributed by atoms with Crippen molar-refractivity contribution in [3.63, 3.8) is 0 Å². The molecular formula is C29H41N5O4. The second-order valence-corrected chi connectivity index (χ2v) is 11.0. The molecule has 0 bridgehead atoms. The quantitative estimate of drug-likeness (QED) is 0.300. The van der Waals surface area contributed by atoms with Gasteiger partial charge in [-0.05, 0) is 54.7 Å². The zero-order valence-electron chi connectivity index (χ0n) is 22.4. The molecule has 1 aliphatic carbocycles. The second kappa shape index (κ2) is 11.9. The molecule has 2 fully saturated rings. The second-order valence-electron chi connectivity index (χ2n) is 11.0. The molecule has 3 atom stereocenters. The van der Waals surface area contributed by atoms with Crippen LogP contribution in [0.1, 0.15) is 82.9 Å². The van der Waals surface area contributed by atoms with Gasteiger partial charge < -0.3 is 21.9 Å². The van der Waals surface area contributed by atoms with Crippen LogP contribution in [-0.4, -0.2) is 51.8 Å². The smallest absolute Gasteiger partial charge is 0.308 e. The number of nitrogens with zero attached hydrogens (tertiary/aromatic N) is 2. The Bertz CT molecular complexity index is 1170. The molecule has 0 radical (unpaired) electrons. The first-order chi connectivity index (χ1) is 18.2. The first-order valence-electron chi connectivity index (χ1n) is 13.9. The first kappa shape index (κ1) is 28.1. The van der Waals surface area contributed by atoms with E-state index in [1.165, 1.54) is 0 Å². The molecule has 6 N–H and O–H groups in total. The van der Waals surface area contributed by atoms with Crippen LogP contribution < -0.4 is 17.2 Å². The predicted molar refractivity (Wildman–Crippen MR) is 146 cm³/mol. The van der Waals surface area contributed by atoms with Gasteiger partial charge in [-0.3, -0.25) is 24.3 Å². The number of carbonyl (C=O) groups is 3. The summed E-state index contributed by atoms with van der Waals surface area (Å²) in [5, 5.41) is 1.91. The normalized spacial score (nSPS) is 23.1. The minimum atomic E-state index is -1.71. The van der Waals surface area contributed by atoms with Crippen LogP contribution in [0.25, 0.3) is 10.8 Å². The van der Waals surface area contributed by atoms with E-state index in [-0.39, 0.29) is 25.4 Å². The van der Waals surface area contributed by atoms with Crippen LogP contribution in [0.4, 0.5) is 0 Å². The molecule has 9 nitrogen and oxygen atoms in total. The Kier molecular flexibility index (Phi) is 8.80. The van der Waals surface area contributed by atoms with E-state index >= 15 is 0 Å². The van der Waals surface area contributed by atoms with Crippen molar-refractivity contribution in [1.29, 1.82) is 0 Å². The Morgan fingerprint density at radius 1 is 1.16 bits per heavy atom. The molecule has 1 unspecified atom stereocenters. The molecule has 38 heavy (non-hydrogen) atoms. The average molecular weight is 524 g/mol. The summed E-state index contributed by atoms with van der Waals surface area (Å²) < 4.78 is 5.34. The molecule has 1 aliphatic heterocycles. The summed E-state index contributed by atoms with van der Waals surface area (Å²) in [5.74, 6) is -1.63. The van der Waals surface area contributed by atoms with Gasteiger partial charge in [0.1, 0.15) is 0 Å². The highest BCUT2D eigenvalue weighted by Gasteiger charge is 2.60. The summed E-state index contributed by atoms with van der Waals surface area (Å²) >= 11 is 0. The SMILES string of the molecule is CCCOC(=O)C[C@](N)(CC1CCCCC1)C(=O)[C@@]1(C(N)=O)CCCN1C(N)c1ccc2cnccc2c1. The lowest BCUT2D eigenvalue weighted by atomic mass is 9.70. The van der Waals surface area contributed by atoms with Crippen LogP contribution in [0.2, 0.25) is 0 Å². The number of carbonyl (C=O) groups excluding carboxylic acids is 3. The molecule has 2 heterocycles. The summed E-state index contributed by atoms with van der Waals surface area (Å²) in [7, 11) is 0. The van der Waals surface area contributed by atoms with Gasteiger partial charge in [0, 0.05) is 24.3 Å². The Morgan fingerprint density at radius 3 is 2.63 bits per heavy atom. The van der Waals surface area contributed by atoms with E-state index in [0.717, 1.165) is 48.4 Å². The highest BCUT2D eigenvalue weighted by atomic mass is 16.5. The molecule has 1 saturated heterocycles. The largest absolute Gasteiger partial charge is 0.466 e. The van der Waals surface area contributed by atoms with Gasteiger partial charge in [0.05, 0.1) is 24.7 Å². The number of aromatic nitrogens is 1. The third-order valence-electron chi connectivity index (χ3n) is 8.31. The number of amides is 1. The van der Waals surface area contributed by atoms with Crippen molar-refractivity contribution in [3.05, 3.63) is 42.2 Å². The van der Waals surface area contributed by atoms with Crippen LogP contribution in [0.3, 0.4) is 0 Å². The van der Waals surface area contributed by atoms with E-state index in [4.69, 9.17) is 21.9 Å². The molecule has 1 saturated carbocycles. The van der Waals surface area contributed by atoms with Gasteiger partial charge in [-0.1, -0.05) is 51.2 Å². The maximum atomic E-state index is 14.5. The van der Waals surface area contributed by atoms with Gasteiger partial charge >= 0.3 is 5.97 Å². The van der Waals surface area contributed by atoms with Gasteiger partial charge in [-0.25, -0.2) is 0 Å². The van der Waals surface area contributed by atoms with Crippen molar-refractivity contribution in [2.75, 3.05) is 13.2 Å². The summed E-state index contributed by atoms with van der Waals surface area (Å²) in [5.41, 5.74) is 17.1. The number of hydrogen-bond acceptors (Lipinski definition) is 8. The van der Waals surface area contributed by atoms with Crippen LogP contribution in [-0.2, 0) is 19.1 Å². The van der Waals surface area contributed by atoms with Crippen molar-refractivity contribution in [2.45, 2.75) is 88.4 Å². The molecule has 206 valence electrons. The number of nitrogens with two attached hydrogens (primary N) is 3. The summed E-state index contributed by atoms with van der Waals surface area (Å²) in [6.45, 7) is 2.56. The van der Waals surface area contributed by atoms with Gasteiger partial charge in [0.25, 0.3) is 0 Å². The van der Waals surface area contributed by atoms with Crippen molar-refractivity contribution in [1.82, 2.24) is 9.88 Å². The molecule has 2 aromatic rings. The van der Waals surface area contributed by atoms with Crippen LogP contribution in [0.15, 0.2) is 36.7 Å². The van der Waals surface area contributed by atoms with E-state index < -0.39 is 34.9 Å². The van der Waals surface area contributed by atoms with Gasteiger partial charge in [0.15, 0.2) is 11.3 Å². The van der Waals surface area contributed by atoms with Crippen LogP contribution in [0.5, 0.6) is 0 Å². The van der Waals surface area contributed by atoms with E-state index in [9.17, 15) is 14.4 Å². The van der Waals surface area contributed by atoms with Crippen molar-refractivity contribution in [3.8, 4) is 0 Å². The van der Waals surface area contributed by atoms with Crippen LogP contribution >= 0.6 is 0 Å². The summed E-state index contributed by atoms with van der Waals surface area (Å²) in [4.78, 5) is 46.4. The fourth-order valence-corrected chi connectivity index (χ4v) is 6.39. The Labute approximate surface area is 224 Å². The van der Waals surface area contributed by atoms with Gasteiger partial charge in [-0.2, -0.15) is 0 Å². The van der Waals surface area contributed by atoms with Crippen LogP contribution in [0, 0.1) is 5.92 Å². The maximum Gasteiger partial charge on any atom is 0.308 e. The van der Waals surface area contributed by atoms with Gasteiger partial charge in [0.2, 0.25) is 5.91 Å². The molecule has 1 amide bonds. The minimum Gasteiger partial charge on any atom is -0.466 e. The number of likely N-dealkylation sites (tertiary alicyclic amines) is 1. The van der Waals surface area contributed by atoms with Crippen molar-refractivity contribution in [2.24, 2.45) is 23.1 Å². The predicted octanol–water partition coefficient (Wildman–Crippen LogP) is 3.09. The number of primary amides is 1. The lowest BCUT2D eigenvalue weighted by molar-refractivity contribution is -0.154. The number of hydrogen-bond donors (Lipinski definition) is 3. The first-order valence-corrected chi connectivity index (χ1v) is 13.9. The minimum absolute atomic E-state index is 0.194. The zero-order valence-corrected chi connectivity index (χ0v) is 22.4. The number of rotatable bonds is 11. The topological polar surface area (TPSA) is 155 Å².